The fraction of sp³-hybridized carbons (Fsp3) is 0.0714. The summed E-state index contributed by atoms with van der Waals surface area (Å²) in [7, 11) is 1.94. The minimum Gasteiger partial charge on any atom is -0.338 e. The minimum absolute atomic E-state index is 0.0366. The van der Waals surface area contributed by atoms with E-state index in [0.29, 0.717) is 0 Å². The van der Waals surface area contributed by atoms with Crippen LogP contribution in [-0.2, 0) is 9.59 Å². The molecule has 21 heavy (non-hydrogen) atoms. The van der Waals surface area contributed by atoms with Crippen molar-refractivity contribution in [2.45, 2.75) is 4.90 Å². The van der Waals surface area contributed by atoms with Crippen LogP contribution in [0.3, 0.4) is 0 Å². The Bertz CT molecular complexity index is 703. The van der Waals surface area contributed by atoms with Crippen molar-refractivity contribution < 1.29 is 9.59 Å². The summed E-state index contributed by atoms with van der Waals surface area (Å²) in [4.78, 5) is 26.6. The number of fused-ring (bicyclic) bond motifs is 1. The van der Waals surface area contributed by atoms with E-state index in [-0.39, 0.29) is 10.7 Å². The number of nitrogens with one attached hydrogen (secondary N) is 2. The third-order valence-electron chi connectivity index (χ3n) is 3.11. The van der Waals surface area contributed by atoms with Crippen molar-refractivity contribution in [2.24, 2.45) is 0 Å². The summed E-state index contributed by atoms with van der Waals surface area (Å²) in [5.74, 6) is -0.965. The van der Waals surface area contributed by atoms with Crippen LogP contribution in [-0.4, -0.2) is 24.0 Å². The molecule has 0 aromatic heterocycles. The van der Waals surface area contributed by atoms with Crippen LogP contribution in [0.2, 0.25) is 0 Å². The summed E-state index contributed by atoms with van der Waals surface area (Å²) in [6, 6.07) is 8.00. The van der Waals surface area contributed by atoms with Crippen LogP contribution in [0, 0.1) is 0 Å². The van der Waals surface area contributed by atoms with Gasteiger partial charge in [-0.05, 0) is 36.5 Å². The molecule has 0 atom stereocenters. The van der Waals surface area contributed by atoms with Gasteiger partial charge in [0.15, 0.2) is 5.11 Å². The first-order chi connectivity index (χ1) is 10.1. The fourth-order valence-corrected chi connectivity index (χ4v) is 3.29. The van der Waals surface area contributed by atoms with Crippen molar-refractivity contribution in [1.82, 2.24) is 10.6 Å². The summed E-state index contributed by atoms with van der Waals surface area (Å²) in [6.07, 6.45) is 3.27. The summed E-state index contributed by atoms with van der Waals surface area (Å²) >= 11 is 6.34. The molecule has 2 heterocycles. The Kier molecular flexibility index (Phi) is 3.52. The van der Waals surface area contributed by atoms with Gasteiger partial charge in [0.05, 0.1) is 10.7 Å². The number of carbonyl (C=O) groups is 2. The van der Waals surface area contributed by atoms with Gasteiger partial charge in [-0.25, -0.2) is 0 Å². The lowest BCUT2D eigenvalue weighted by molar-refractivity contribution is -0.123. The lowest BCUT2D eigenvalue weighted by Gasteiger charge is -2.16. The molecule has 106 valence electrons. The number of thiocarbonyl (C=S) groups is 1. The maximum atomic E-state index is 11.7. The summed E-state index contributed by atoms with van der Waals surface area (Å²) in [5, 5.41) is 5.79. The Morgan fingerprint density at radius 2 is 1.81 bits per heavy atom. The Morgan fingerprint density at radius 3 is 2.48 bits per heavy atom. The molecular weight excluding hydrogens is 306 g/mol. The lowest BCUT2D eigenvalue weighted by atomic mass is 10.2. The highest BCUT2D eigenvalue weighted by Crippen LogP contribution is 2.44. The highest BCUT2D eigenvalue weighted by Gasteiger charge is 2.26. The van der Waals surface area contributed by atoms with Gasteiger partial charge in [-0.1, -0.05) is 23.9 Å². The molecule has 3 rings (SSSR count). The van der Waals surface area contributed by atoms with E-state index in [1.807, 2.05) is 36.2 Å². The molecule has 0 saturated carbocycles. The van der Waals surface area contributed by atoms with Gasteiger partial charge in [-0.2, -0.15) is 0 Å². The summed E-state index contributed by atoms with van der Waals surface area (Å²) in [5.41, 5.74) is 1.15. The van der Waals surface area contributed by atoms with Crippen molar-refractivity contribution in [2.75, 3.05) is 11.9 Å². The number of hydrogen-bond donors (Lipinski definition) is 2. The van der Waals surface area contributed by atoms with Crippen LogP contribution in [0.5, 0.6) is 0 Å². The van der Waals surface area contributed by atoms with E-state index in [0.717, 1.165) is 15.6 Å². The van der Waals surface area contributed by atoms with Crippen LogP contribution in [0.25, 0.3) is 0 Å². The molecule has 7 heteroatoms. The molecule has 1 aromatic carbocycles. The summed E-state index contributed by atoms with van der Waals surface area (Å²) < 4.78 is 0. The largest absolute Gasteiger partial charge is 0.338 e. The van der Waals surface area contributed by atoms with Crippen molar-refractivity contribution in [1.29, 1.82) is 0 Å². The zero-order valence-electron chi connectivity index (χ0n) is 11.0. The molecule has 0 radical (unpaired) electrons. The molecule has 0 bridgehead atoms. The predicted molar refractivity (Wildman–Crippen MR) is 85.8 cm³/mol. The maximum Gasteiger partial charge on any atom is 0.263 e. The third-order valence-corrected chi connectivity index (χ3v) is 4.50. The molecule has 1 aromatic rings. The Labute approximate surface area is 131 Å². The summed E-state index contributed by atoms with van der Waals surface area (Å²) in [6.45, 7) is 0. The average molecular weight is 317 g/mol. The number of amides is 2. The molecule has 0 aliphatic carbocycles. The predicted octanol–water partition coefficient (Wildman–Crippen LogP) is 1.53. The maximum absolute atomic E-state index is 11.7. The second-order valence-corrected chi connectivity index (χ2v) is 5.92. The molecule has 1 saturated heterocycles. The molecule has 5 nitrogen and oxygen atoms in total. The number of anilines is 1. The SMILES string of the molecule is CN1/C(=C\C=C2C(=O)NC(=S)NC2=O)Sc2ccccc21. The first kappa shape index (κ1) is 13.8. The highest BCUT2D eigenvalue weighted by atomic mass is 32.2. The number of allylic oxidation sites excluding steroid dienone is 2. The van der Waals surface area contributed by atoms with E-state index in [4.69, 9.17) is 12.2 Å². The van der Waals surface area contributed by atoms with E-state index >= 15 is 0 Å². The number of benzene rings is 1. The highest BCUT2D eigenvalue weighted by molar-refractivity contribution is 8.03. The number of para-hydroxylation sites is 1. The number of hydrogen-bond acceptors (Lipinski definition) is 5. The molecule has 2 amide bonds. The van der Waals surface area contributed by atoms with Crippen molar-refractivity contribution in [3.8, 4) is 0 Å². The quantitative estimate of drug-likeness (QED) is 0.467. The first-order valence-corrected chi connectivity index (χ1v) is 7.38. The van der Waals surface area contributed by atoms with Crippen LogP contribution in [0.4, 0.5) is 5.69 Å². The molecule has 2 aliphatic heterocycles. The fourth-order valence-electron chi connectivity index (χ4n) is 2.05. The number of carbonyl (C=O) groups excluding carboxylic acids is 2. The van der Waals surface area contributed by atoms with Gasteiger partial charge in [0.25, 0.3) is 11.8 Å². The zero-order chi connectivity index (χ0) is 15.0. The standard InChI is InChI=1S/C14H11N3O2S2/c1-17-9-4-2-3-5-10(9)21-11(17)7-6-8-12(18)15-14(20)16-13(8)19/h2-7H,1H3,(H2,15,16,18,19,20)/b11-7+. The zero-order valence-corrected chi connectivity index (χ0v) is 12.7. The Hall–Kier alpha value is -2.12. The normalized spacial score (nSPS) is 19.5. The molecule has 2 N–H and O–H groups in total. The first-order valence-electron chi connectivity index (χ1n) is 6.15. The van der Waals surface area contributed by atoms with Crippen LogP contribution < -0.4 is 15.5 Å². The van der Waals surface area contributed by atoms with Crippen LogP contribution in [0.15, 0.2) is 51.9 Å². The number of rotatable bonds is 1. The molecule has 1 fully saturated rings. The monoisotopic (exact) mass is 317 g/mol. The molecule has 0 unspecified atom stereocenters. The van der Waals surface area contributed by atoms with Gasteiger partial charge >= 0.3 is 0 Å². The van der Waals surface area contributed by atoms with Gasteiger partial charge in [0.1, 0.15) is 5.57 Å². The topological polar surface area (TPSA) is 61.4 Å². The Morgan fingerprint density at radius 1 is 1.14 bits per heavy atom. The smallest absolute Gasteiger partial charge is 0.263 e. The number of thioether (sulfide) groups is 1. The van der Waals surface area contributed by atoms with E-state index in [2.05, 4.69) is 10.6 Å². The number of nitrogens with zero attached hydrogens (tertiary/aromatic N) is 1. The van der Waals surface area contributed by atoms with Crippen molar-refractivity contribution >= 4 is 46.6 Å². The second kappa shape index (κ2) is 5.34. The lowest BCUT2D eigenvalue weighted by Crippen LogP contribution is -2.51. The van der Waals surface area contributed by atoms with Gasteiger partial charge in [0, 0.05) is 11.9 Å². The van der Waals surface area contributed by atoms with Gasteiger partial charge in [-0.3, -0.25) is 20.2 Å². The van der Waals surface area contributed by atoms with Gasteiger partial charge < -0.3 is 4.90 Å². The van der Waals surface area contributed by atoms with E-state index in [1.54, 1.807) is 17.8 Å². The van der Waals surface area contributed by atoms with Crippen LogP contribution in [0.1, 0.15) is 0 Å². The van der Waals surface area contributed by atoms with Crippen LogP contribution >= 0.6 is 24.0 Å². The second-order valence-electron chi connectivity index (χ2n) is 4.45. The molecular formula is C14H11N3O2S2. The molecule has 0 spiro atoms. The van der Waals surface area contributed by atoms with Crippen molar-refractivity contribution in [3.63, 3.8) is 0 Å². The van der Waals surface area contributed by atoms with Gasteiger partial charge in [-0.15, -0.1) is 0 Å². The van der Waals surface area contributed by atoms with E-state index < -0.39 is 11.8 Å². The molecule has 2 aliphatic rings. The van der Waals surface area contributed by atoms with Crippen molar-refractivity contribution in [3.05, 3.63) is 47.0 Å². The third kappa shape index (κ3) is 2.57. The van der Waals surface area contributed by atoms with E-state index in [9.17, 15) is 9.59 Å². The minimum atomic E-state index is -0.483. The van der Waals surface area contributed by atoms with E-state index in [1.165, 1.54) is 6.08 Å². The average Bonchev–Trinajstić information content (AvgIpc) is 2.75. The van der Waals surface area contributed by atoms with Gasteiger partial charge in [0.2, 0.25) is 0 Å². The Balaban J connectivity index is 1.87.